The second kappa shape index (κ2) is 8.38. The highest BCUT2D eigenvalue weighted by Crippen LogP contribution is 2.43. The molecule has 0 saturated carbocycles. The summed E-state index contributed by atoms with van der Waals surface area (Å²) in [5.41, 5.74) is 2.66. The number of hydrogen-bond acceptors (Lipinski definition) is 4. The average Bonchev–Trinajstić information content (AvgIpc) is 2.51. The number of phenols is 1. The summed E-state index contributed by atoms with van der Waals surface area (Å²) in [5.74, 6) is 0.939. The smallest absolute Gasteiger partial charge is 0.263 e. The van der Waals surface area contributed by atoms with Crippen LogP contribution in [0.1, 0.15) is 50.5 Å². The molecule has 1 aromatic rings. The quantitative estimate of drug-likeness (QED) is 0.825. The first-order valence-electron chi connectivity index (χ1n) is 7.59. The number of nitrogens with one attached hydrogen (secondary N) is 1. The summed E-state index contributed by atoms with van der Waals surface area (Å²) in [6.07, 6.45) is 1.30. The van der Waals surface area contributed by atoms with Gasteiger partial charge in [-0.05, 0) is 50.8 Å². The van der Waals surface area contributed by atoms with Gasteiger partial charge in [0.25, 0.3) is 5.91 Å². The van der Waals surface area contributed by atoms with E-state index in [0.717, 1.165) is 28.0 Å². The van der Waals surface area contributed by atoms with Crippen molar-refractivity contribution in [2.24, 2.45) is 0 Å². The van der Waals surface area contributed by atoms with Gasteiger partial charge in [0, 0.05) is 25.6 Å². The van der Waals surface area contributed by atoms with Crippen molar-refractivity contribution in [1.82, 2.24) is 5.32 Å². The van der Waals surface area contributed by atoms with Crippen molar-refractivity contribution >= 4 is 5.91 Å². The van der Waals surface area contributed by atoms with E-state index in [1.54, 1.807) is 7.11 Å². The molecule has 1 amide bonds. The molecule has 1 aromatic carbocycles. The Labute approximate surface area is 146 Å². The lowest BCUT2D eigenvalue weighted by Gasteiger charge is -2.36. The van der Waals surface area contributed by atoms with Crippen molar-refractivity contribution in [1.29, 1.82) is 0 Å². The van der Waals surface area contributed by atoms with E-state index in [9.17, 15) is 9.90 Å². The standard InChI is InChI=1S/C17H25NO4.2CH4/c1-10-11(2)15-13(12(3)14(10)19)6-7-17(4,22-15)16(20)18-8-9-21-5;;/h19H,6-9H2,1-5H3,(H,18,20);2*1H4. The highest BCUT2D eigenvalue weighted by atomic mass is 16.5. The Balaban J connectivity index is 0.00000264. The first kappa shape index (κ1) is 22.2. The zero-order valence-electron chi connectivity index (χ0n) is 14.0. The summed E-state index contributed by atoms with van der Waals surface area (Å²) in [7, 11) is 1.60. The Morgan fingerprint density at radius 1 is 1.25 bits per heavy atom. The Morgan fingerprint density at radius 3 is 2.46 bits per heavy atom. The van der Waals surface area contributed by atoms with Gasteiger partial charge in [-0.15, -0.1) is 0 Å². The first-order chi connectivity index (χ1) is 10.3. The molecule has 5 heteroatoms. The molecule has 0 saturated heterocycles. The summed E-state index contributed by atoms with van der Waals surface area (Å²) in [6.45, 7) is 8.44. The van der Waals surface area contributed by atoms with Crippen LogP contribution in [-0.4, -0.2) is 36.9 Å². The van der Waals surface area contributed by atoms with Crippen molar-refractivity contribution in [2.45, 2.75) is 61.0 Å². The molecule has 0 bridgehead atoms. The highest BCUT2D eigenvalue weighted by molar-refractivity contribution is 5.85. The fraction of sp³-hybridized carbons (Fsp3) is 0.632. The molecule has 1 aliphatic rings. The topological polar surface area (TPSA) is 67.8 Å². The normalized spacial score (nSPS) is 18.5. The second-order valence-corrected chi connectivity index (χ2v) is 6.11. The number of aromatic hydroxyl groups is 1. The molecule has 1 aliphatic heterocycles. The minimum absolute atomic E-state index is 0. The molecule has 1 atom stereocenters. The predicted octanol–water partition coefficient (Wildman–Crippen LogP) is 3.44. The van der Waals surface area contributed by atoms with Gasteiger partial charge in [0.2, 0.25) is 0 Å². The van der Waals surface area contributed by atoms with Gasteiger partial charge in [-0.2, -0.15) is 0 Å². The summed E-state index contributed by atoms with van der Waals surface area (Å²) < 4.78 is 11.0. The number of phenolic OH excluding ortho intramolecular Hbond substituents is 1. The van der Waals surface area contributed by atoms with Gasteiger partial charge in [-0.3, -0.25) is 4.79 Å². The average molecular weight is 339 g/mol. The van der Waals surface area contributed by atoms with E-state index in [2.05, 4.69) is 5.32 Å². The Bertz CT molecular complexity index is 598. The molecule has 2 rings (SSSR count). The van der Waals surface area contributed by atoms with Crippen molar-refractivity contribution in [3.8, 4) is 11.5 Å². The van der Waals surface area contributed by atoms with Crippen LogP contribution in [0.5, 0.6) is 11.5 Å². The van der Waals surface area contributed by atoms with Crippen LogP contribution in [0.3, 0.4) is 0 Å². The molecule has 0 radical (unpaired) electrons. The number of fused-ring (bicyclic) bond motifs is 1. The molecule has 138 valence electrons. The van der Waals surface area contributed by atoms with Gasteiger partial charge in [0.1, 0.15) is 11.5 Å². The van der Waals surface area contributed by atoms with E-state index in [1.165, 1.54) is 0 Å². The van der Waals surface area contributed by atoms with Gasteiger partial charge in [-0.1, -0.05) is 14.9 Å². The lowest BCUT2D eigenvalue weighted by molar-refractivity contribution is -0.137. The Kier molecular flexibility index (Phi) is 7.77. The lowest BCUT2D eigenvalue weighted by atomic mass is 9.86. The molecule has 0 fully saturated rings. The van der Waals surface area contributed by atoms with Gasteiger partial charge >= 0.3 is 0 Å². The number of hydrogen-bond donors (Lipinski definition) is 2. The fourth-order valence-corrected chi connectivity index (χ4v) is 2.86. The van der Waals surface area contributed by atoms with Crippen molar-refractivity contribution in [3.05, 3.63) is 22.3 Å². The Morgan fingerprint density at radius 2 is 1.88 bits per heavy atom. The maximum Gasteiger partial charge on any atom is 0.263 e. The fourth-order valence-electron chi connectivity index (χ4n) is 2.86. The molecule has 1 heterocycles. The zero-order valence-corrected chi connectivity index (χ0v) is 14.0. The largest absolute Gasteiger partial charge is 0.507 e. The molecular weight excluding hydrogens is 306 g/mol. The van der Waals surface area contributed by atoms with Gasteiger partial charge < -0.3 is 19.9 Å². The third kappa shape index (κ3) is 3.83. The van der Waals surface area contributed by atoms with Crippen LogP contribution in [0.4, 0.5) is 0 Å². The third-order valence-electron chi connectivity index (χ3n) is 4.59. The number of rotatable bonds is 4. The van der Waals surface area contributed by atoms with Crippen LogP contribution < -0.4 is 10.1 Å². The highest BCUT2D eigenvalue weighted by Gasteiger charge is 2.40. The SMILES string of the molecule is C.C.COCCNC(=O)C1(C)CCc2c(C)c(O)c(C)c(C)c2O1. The van der Waals surface area contributed by atoms with Crippen molar-refractivity contribution < 1.29 is 19.4 Å². The number of methoxy groups -OCH3 is 1. The van der Waals surface area contributed by atoms with E-state index < -0.39 is 5.60 Å². The van der Waals surface area contributed by atoms with Gasteiger partial charge in [0.05, 0.1) is 6.61 Å². The number of ether oxygens (including phenoxy) is 2. The lowest BCUT2D eigenvalue weighted by Crippen LogP contribution is -2.51. The molecule has 2 N–H and O–H groups in total. The second-order valence-electron chi connectivity index (χ2n) is 6.11. The van der Waals surface area contributed by atoms with Crippen LogP contribution in [-0.2, 0) is 16.0 Å². The Hall–Kier alpha value is -1.75. The van der Waals surface area contributed by atoms with E-state index in [-0.39, 0.29) is 20.8 Å². The maximum absolute atomic E-state index is 12.4. The van der Waals surface area contributed by atoms with Crippen LogP contribution >= 0.6 is 0 Å². The predicted molar refractivity (Wildman–Crippen MR) is 98.0 cm³/mol. The summed E-state index contributed by atoms with van der Waals surface area (Å²) in [6, 6.07) is 0. The minimum atomic E-state index is -0.888. The van der Waals surface area contributed by atoms with E-state index in [4.69, 9.17) is 9.47 Å². The van der Waals surface area contributed by atoms with E-state index >= 15 is 0 Å². The number of benzene rings is 1. The van der Waals surface area contributed by atoms with Gasteiger partial charge in [-0.25, -0.2) is 0 Å². The van der Waals surface area contributed by atoms with Crippen molar-refractivity contribution in [2.75, 3.05) is 20.3 Å². The zero-order chi connectivity index (χ0) is 16.5. The molecule has 0 aliphatic carbocycles. The van der Waals surface area contributed by atoms with Gasteiger partial charge in [0.15, 0.2) is 5.60 Å². The molecule has 5 nitrogen and oxygen atoms in total. The maximum atomic E-state index is 12.4. The number of carbonyl (C=O) groups is 1. The number of amides is 1. The van der Waals surface area contributed by atoms with Crippen LogP contribution in [0.2, 0.25) is 0 Å². The summed E-state index contributed by atoms with van der Waals surface area (Å²) >= 11 is 0. The molecule has 1 unspecified atom stereocenters. The van der Waals surface area contributed by atoms with E-state index in [0.29, 0.717) is 31.7 Å². The summed E-state index contributed by atoms with van der Waals surface area (Å²) in [5, 5.41) is 13.0. The first-order valence-corrected chi connectivity index (χ1v) is 7.59. The molecular formula is C19H33NO4. The van der Waals surface area contributed by atoms with Crippen molar-refractivity contribution in [3.63, 3.8) is 0 Å². The monoisotopic (exact) mass is 339 g/mol. The molecule has 0 spiro atoms. The molecule has 24 heavy (non-hydrogen) atoms. The van der Waals surface area contributed by atoms with Crippen LogP contribution in [0.25, 0.3) is 0 Å². The van der Waals surface area contributed by atoms with Crippen LogP contribution in [0.15, 0.2) is 0 Å². The minimum Gasteiger partial charge on any atom is -0.507 e. The summed E-state index contributed by atoms with van der Waals surface area (Å²) in [4.78, 5) is 12.4. The third-order valence-corrected chi connectivity index (χ3v) is 4.59. The number of carbonyl (C=O) groups excluding carboxylic acids is 1. The van der Waals surface area contributed by atoms with Crippen LogP contribution in [0, 0.1) is 20.8 Å². The molecule has 0 aromatic heterocycles. The van der Waals surface area contributed by atoms with E-state index in [1.807, 2.05) is 27.7 Å².